The van der Waals surface area contributed by atoms with Crippen molar-refractivity contribution in [3.05, 3.63) is 41.4 Å². The lowest BCUT2D eigenvalue weighted by Gasteiger charge is -2.15. The molecule has 21 heavy (non-hydrogen) atoms. The van der Waals surface area contributed by atoms with E-state index in [9.17, 15) is 14.0 Å². The molecule has 2 rings (SSSR count). The average molecular weight is 291 g/mol. The van der Waals surface area contributed by atoms with Crippen molar-refractivity contribution in [1.82, 2.24) is 10.3 Å². The average Bonchev–Trinajstić information content (AvgIpc) is 2.87. The van der Waals surface area contributed by atoms with E-state index in [-0.39, 0.29) is 5.82 Å². The van der Waals surface area contributed by atoms with Gasteiger partial charge in [-0.3, -0.25) is 9.59 Å². The Kier molecular flexibility index (Phi) is 4.70. The van der Waals surface area contributed by atoms with Gasteiger partial charge >= 0.3 is 0 Å². The number of carbonyl (C=O) groups excluding carboxylic acids is 2. The molecular weight excluding hydrogens is 273 g/mol. The molecule has 1 saturated heterocycles. The molecule has 6 heteroatoms. The van der Waals surface area contributed by atoms with E-state index < -0.39 is 11.7 Å². The first-order valence-corrected chi connectivity index (χ1v) is 6.66. The fraction of sp³-hybridized carbons (Fsp3) is 0.333. The number of likely N-dealkylation sites (N-methyl/N-ethyl adjacent to an activating group) is 1. The Morgan fingerprint density at radius 1 is 1.38 bits per heavy atom. The Balaban J connectivity index is 2.08. The Bertz CT molecular complexity index is 569. The number of benzene rings is 1. The smallest absolute Gasteiger partial charge is 0.203 e. The number of Topliss-reactive ketones (excluding diaryl/α,β-unsaturated/α-hetero) is 1. The number of aldehydes is 1. The second-order valence-electron chi connectivity index (χ2n) is 5.18. The molecule has 0 radical (unpaired) electrons. The number of ketones is 1. The van der Waals surface area contributed by atoms with Crippen LogP contribution in [0.15, 0.2) is 35.5 Å². The normalized spacial score (nSPS) is 21.0. The van der Waals surface area contributed by atoms with E-state index in [1.165, 1.54) is 12.1 Å². The zero-order chi connectivity index (χ0) is 15.4. The van der Waals surface area contributed by atoms with Gasteiger partial charge in [0.15, 0.2) is 6.29 Å². The molecule has 1 aromatic carbocycles. The SMILES string of the molecule is CC(NNc1ccc(F)cc1)=C1CN(C)CC1C(=O)C=O. The maximum Gasteiger partial charge on any atom is 0.203 e. The monoisotopic (exact) mass is 291 g/mol. The summed E-state index contributed by atoms with van der Waals surface area (Å²) in [6, 6.07) is 5.92. The largest absolute Gasteiger partial charge is 0.305 e. The van der Waals surface area contributed by atoms with Crippen molar-refractivity contribution in [3.8, 4) is 0 Å². The van der Waals surface area contributed by atoms with Crippen LogP contribution in [0.25, 0.3) is 0 Å². The van der Waals surface area contributed by atoms with Crippen molar-refractivity contribution in [3.63, 3.8) is 0 Å². The number of rotatable bonds is 5. The quantitative estimate of drug-likeness (QED) is 0.487. The third-order valence-electron chi connectivity index (χ3n) is 3.53. The number of nitrogens with one attached hydrogen (secondary N) is 2. The lowest BCUT2D eigenvalue weighted by atomic mass is 9.97. The number of hydrogen-bond acceptors (Lipinski definition) is 5. The van der Waals surface area contributed by atoms with Crippen molar-refractivity contribution in [2.45, 2.75) is 6.92 Å². The molecule has 1 aromatic rings. The maximum atomic E-state index is 12.8. The third kappa shape index (κ3) is 3.66. The van der Waals surface area contributed by atoms with Crippen LogP contribution in [-0.4, -0.2) is 37.1 Å². The highest BCUT2D eigenvalue weighted by molar-refractivity contribution is 6.27. The van der Waals surface area contributed by atoms with Gasteiger partial charge in [0.05, 0.1) is 11.6 Å². The number of nitrogens with zero attached hydrogens (tertiary/aromatic N) is 1. The minimum absolute atomic E-state index is 0.301. The minimum Gasteiger partial charge on any atom is -0.305 e. The molecule has 0 aliphatic carbocycles. The number of allylic oxidation sites excluding steroid dienone is 1. The predicted octanol–water partition coefficient (Wildman–Crippen LogP) is 1.35. The maximum absolute atomic E-state index is 12.8. The van der Waals surface area contributed by atoms with Crippen LogP contribution in [-0.2, 0) is 9.59 Å². The van der Waals surface area contributed by atoms with Crippen LogP contribution >= 0.6 is 0 Å². The van der Waals surface area contributed by atoms with Gasteiger partial charge in [0.1, 0.15) is 5.82 Å². The molecule has 5 nitrogen and oxygen atoms in total. The van der Waals surface area contributed by atoms with Gasteiger partial charge in [0, 0.05) is 18.8 Å². The number of hydrogen-bond donors (Lipinski definition) is 2. The fourth-order valence-electron chi connectivity index (χ4n) is 2.39. The van der Waals surface area contributed by atoms with Crippen molar-refractivity contribution in [1.29, 1.82) is 0 Å². The van der Waals surface area contributed by atoms with E-state index >= 15 is 0 Å². The Labute approximate surface area is 122 Å². The molecule has 1 atom stereocenters. The summed E-state index contributed by atoms with van der Waals surface area (Å²) in [6.45, 7) is 3.02. The van der Waals surface area contributed by atoms with Gasteiger partial charge in [0.25, 0.3) is 0 Å². The molecule has 1 aliphatic rings. The highest BCUT2D eigenvalue weighted by Crippen LogP contribution is 2.24. The Hall–Kier alpha value is -2.21. The minimum atomic E-state index is -0.405. The van der Waals surface area contributed by atoms with E-state index in [0.717, 1.165) is 11.3 Å². The van der Waals surface area contributed by atoms with Gasteiger partial charge in [-0.2, -0.15) is 0 Å². The van der Waals surface area contributed by atoms with Crippen LogP contribution in [0.2, 0.25) is 0 Å². The molecule has 1 heterocycles. The van der Waals surface area contributed by atoms with Gasteiger partial charge in [-0.15, -0.1) is 0 Å². The Morgan fingerprint density at radius 3 is 2.67 bits per heavy atom. The molecule has 0 aromatic heterocycles. The number of anilines is 1. The van der Waals surface area contributed by atoms with Crippen LogP contribution in [0, 0.1) is 11.7 Å². The zero-order valence-corrected chi connectivity index (χ0v) is 12.0. The summed E-state index contributed by atoms with van der Waals surface area (Å²) in [5, 5.41) is 0. The summed E-state index contributed by atoms with van der Waals surface area (Å²) in [5.41, 5.74) is 8.35. The second kappa shape index (κ2) is 6.49. The van der Waals surface area contributed by atoms with Gasteiger partial charge in [0.2, 0.25) is 5.78 Å². The summed E-state index contributed by atoms with van der Waals surface area (Å²) < 4.78 is 12.8. The summed E-state index contributed by atoms with van der Waals surface area (Å²) in [4.78, 5) is 24.4. The molecule has 0 spiro atoms. The molecule has 0 bridgehead atoms. The number of hydrazine groups is 1. The van der Waals surface area contributed by atoms with Crippen molar-refractivity contribution in [2.75, 3.05) is 25.6 Å². The zero-order valence-electron chi connectivity index (χ0n) is 12.0. The molecule has 1 aliphatic heterocycles. The molecule has 0 saturated carbocycles. The van der Waals surface area contributed by atoms with Crippen LogP contribution in [0.4, 0.5) is 10.1 Å². The second-order valence-corrected chi connectivity index (χ2v) is 5.18. The summed E-state index contributed by atoms with van der Waals surface area (Å²) in [7, 11) is 1.90. The molecule has 2 N–H and O–H groups in total. The highest BCUT2D eigenvalue weighted by atomic mass is 19.1. The topological polar surface area (TPSA) is 61.4 Å². The van der Waals surface area contributed by atoms with E-state index in [0.29, 0.717) is 25.1 Å². The van der Waals surface area contributed by atoms with Crippen LogP contribution < -0.4 is 10.9 Å². The van der Waals surface area contributed by atoms with Crippen LogP contribution in [0.1, 0.15) is 6.92 Å². The molecule has 112 valence electrons. The van der Waals surface area contributed by atoms with Crippen molar-refractivity contribution in [2.24, 2.45) is 5.92 Å². The van der Waals surface area contributed by atoms with E-state index in [2.05, 4.69) is 10.9 Å². The summed E-state index contributed by atoms with van der Waals surface area (Å²) >= 11 is 0. The first kappa shape index (κ1) is 15.2. The first-order valence-electron chi connectivity index (χ1n) is 6.66. The fourth-order valence-corrected chi connectivity index (χ4v) is 2.39. The van der Waals surface area contributed by atoms with Gasteiger partial charge < -0.3 is 15.8 Å². The first-order chi connectivity index (χ1) is 10.0. The number of likely N-dealkylation sites (tertiary alicyclic amines) is 1. The standard InChI is InChI=1S/C15H18FN3O2/c1-10(17-18-12-5-3-11(16)4-6-12)13-7-19(2)8-14(13)15(21)9-20/h3-6,9,14,17-18H,7-8H2,1-2H3. The van der Waals surface area contributed by atoms with Gasteiger partial charge in [-0.25, -0.2) is 4.39 Å². The van der Waals surface area contributed by atoms with Crippen LogP contribution in [0.5, 0.6) is 0 Å². The molecular formula is C15H18FN3O2. The van der Waals surface area contributed by atoms with Crippen molar-refractivity contribution < 1.29 is 14.0 Å². The third-order valence-corrected chi connectivity index (χ3v) is 3.53. The summed E-state index contributed by atoms with van der Waals surface area (Å²) in [5.74, 6) is -1.10. The lowest BCUT2D eigenvalue weighted by Crippen LogP contribution is -2.25. The number of halogens is 1. The lowest BCUT2D eigenvalue weighted by molar-refractivity contribution is -0.131. The van der Waals surface area contributed by atoms with Crippen molar-refractivity contribution >= 4 is 17.8 Å². The van der Waals surface area contributed by atoms with Gasteiger partial charge in [-0.05, 0) is 43.8 Å². The summed E-state index contributed by atoms with van der Waals surface area (Å²) in [6.07, 6.45) is 0.379. The Morgan fingerprint density at radius 2 is 2.05 bits per heavy atom. The van der Waals surface area contributed by atoms with E-state index in [1.807, 2.05) is 18.9 Å². The van der Waals surface area contributed by atoms with E-state index in [1.54, 1.807) is 12.1 Å². The molecule has 1 fully saturated rings. The predicted molar refractivity (Wildman–Crippen MR) is 77.9 cm³/mol. The number of carbonyl (C=O) groups is 2. The molecule has 1 unspecified atom stereocenters. The van der Waals surface area contributed by atoms with E-state index in [4.69, 9.17) is 0 Å². The van der Waals surface area contributed by atoms with Gasteiger partial charge in [-0.1, -0.05) is 0 Å². The highest BCUT2D eigenvalue weighted by Gasteiger charge is 2.32. The molecule has 0 amide bonds. The van der Waals surface area contributed by atoms with Crippen LogP contribution in [0.3, 0.4) is 0 Å².